The molecule has 0 aromatic heterocycles. The molecule has 1 unspecified atom stereocenters. The van der Waals surface area contributed by atoms with Gasteiger partial charge in [-0.2, -0.15) is 0 Å². The molecule has 4 nitrogen and oxygen atoms in total. The highest BCUT2D eigenvalue weighted by Gasteiger charge is 2.23. The van der Waals surface area contributed by atoms with Gasteiger partial charge in [-0.3, -0.25) is 0 Å². The monoisotopic (exact) mass is 279 g/mol. The summed E-state index contributed by atoms with van der Waals surface area (Å²) in [5, 5.41) is 5.71. The van der Waals surface area contributed by atoms with Gasteiger partial charge >= 0.3 is 6.03 Å². The van der Waals surface area contributed by atoms with Crippen molar-refractivity contribution in [1.29, 1.82) is 0 Å². The Morgan fingerprint density at radius 3 is 2.75 bits per heavy atom. The molecule has 0 aliphatic carbocycles. The van der Waals surface area contributed by atoms with E-state index >= 15 is 0 Å². The lowest BCUT2D eigenvalue weighted by atomic mass is 10.1. The molecule has 110 valence electrons. The zero-order valence-corrected chi connectivity index (χ0v) is 12.0. The molecule has 1 aliphatic rings. The lowest BCUT2D eigenvalue weighted by Crippen LogP contribution is -2.41. The van der Waals surface area contributed by atoms with Crippen LogP contribution in [0.25, 0.3) is 0 Å². The Labute approximate surface area is 119 Å². The van der Waals surface area contributed by atoms with Gasteiger partial charge in [0.05, 0.1) is 0 Å². The topological polar surface area (TPSA) is 44.4 Å². The van der Waals surface area contributed by atoms with E-state index < -0.39 is 0 Å². The number of carbonyl (C=O) groups is 1. The molecular formula is C15H22FN3O. The van der Waals surface area contributed by atoms with Crippen LogP contribution in [-0.4, -0.2) is 31.7 Å². The van der Waals surface area contributed by atoms with Crippen molar-refractivity contribution in [3.8, 4) is 0 Å². The molecule has 1 aliphatic heterocycles. The van der Waals surface area contributed by atoms with E-state index in [2.05, 4.69) is 15.5 Å². The molecule has 2 rings (SSSR count). The molecule has 1 aromatic carbocycles. The molecule has 1 atom stereocenters. The van der Waals surface area contributed by atoms with Gasteiger partial charge in [0.2, 0.25) is 0 Å². The molecule has 0 bridgehead atoms. The Kier molecular flexibility index (Phi) is 4.82. The molecule has 0 saturated carbocycles. The van der Waals surface area contributed by atoms with Gasteiger partial charge in [-0.05, 0) is 50.5 Å². The van der Waals surface area contributed by atoms with Gasteiger partial charge < -0.3 is 15.5 Å². The molecule has 2 N–H and O–H groups in total. The second kappa shape index (κ2) is 6.59. The number of rotatable bonds is 4. The third-order valence-corrected chi connectivity index (χ3v) is 3.45. The minimum Gasteiger partial charge on any atom is -0.371 e. The Morgan fingerprint density at radius 2 is 2.10 bits per heavy atom. The van der Waals surface area contributed by atoms with Crippen molar-refractivity contribution in [3.63, 3.8) is 0 Å². The van der Waals surface area contributed by atoms with Crippen LogP contribution in [0.5, 0.6) is 0 Å². The fourth-order valence-corrected chi connectivity index (χ4v) is 2.44. The number of carbonyl (C=O) groups excluding carboxylic acids is 1. The lowest BCUT2D eigenvalue weighted by Gasteiger charge is -2.19. The molecular weight excluding hydrogens is 257 g/mol. The van der Waals surface area contributed by atoms with Crippen LogP contribution in [0, 0.1) is 11.7 Å². The highest BCUT2D eigenvalue weighted by Crippen LogP contribution is 2.23. The van der Waals surface area contributed by atoms with Crippen molar-refractivity contribution >= 4 is 11.7 Å². The van der Waals surface area contributed by atoms with E-state index in [9.17, 15) is 9.18 Å². The highest BCUT2D eigenvalue weighted by molar-refractivity contribution is 5.74. The average molecular weight is 279 g/mol. The zero-order chi connectivity index (χ0) is 14.5. The number of nitrogens with one attached hydrogen (secondary N) is 2. The fraction of sp³-hybridized carbons (Fsp3) is 0.533. The smallest absolute Gasteiger partial charge is 0.314 e. The first-order chi connectivity index (χ1) is 9.54. The van der Waals surface area contributed by atoms with E-state index in [0.717, 1.165) is 25.2 Å². The summed E-state index contributed by atoms with van der Waals surface area (Å²) < 4.78 is 12.9. The van der Waals surface area contributed by atoms with E-state index in [1.165, 1.54) is 12.1 Å². The SMILES string of the molecule is CC(C)NC(=O)NCC1CCN(c2ccc(F)cc2)C1. The standard InChI is InChI=1S/C15H22FN3O/c1-11(2)18-15(20)17-9-12-7-8-19(10-12)14-5-3-13(16)4-6-14/h3-6,11-12H,7-10H2,1-2H3,(H2,17,18,20). The van der Waals surface area contributed by atoms with Crippen LogP contribution in [0.3, 0.4) is 0 Å². The number of halogens is 1. The Bertz CT molecular complexity index is 447. The molecule has 0 radical (unpaired) electrons. The van der Waals surface area contributed by atoms with Crippen LogP contribution in [0.1, 0.15) is 20.3 Å². The van der Waals surface area contributed by atoms with Crippen molar-refractivity contribution in [2.24, 2.45) is 5.92 Å². The van der Waals surface area contributed by atoms with Gasteiger partial charge in [-0.15, -0.1) is 0 Å². The summed E-state index contributed by atoms with van der Waals surface area (Å²) in [6.45, 7) is 6.39. The number of hydrogen-bond donors (Lipinski definition) is 2. The fourth-order valence-electron chi connectivity index (χ4n) is 2.44. The Balaban J connectivity index is 1.78. The molecule has 5 heteroatoms. The second-order valence-corrected chi connectivity index (χ2v) is 5.59. The second-order valence-electron chi connectivity index (χ2n) is 5.59. The Hall–Kier alpha value is -1.78. The molecule has 2 amide bonds. The van der Waals surface area contributed by atoms with E-state index in [1.807, 2.05) is 13.8 Å². The normalized spacial score (nSPS) is 18.4. The summed E-state index contributed by atoms with van der Waals surface area (Å²) in [5.74, 6) is 0.231. The van der Waals surface area contributed by atoms with Crippen molar-refractivity contribution < 1.29 is 9.18 Å². The quantitative estimate of drug-likeness (QED) is 0.888. The van der Waals surface area contributed by atoms with Crippen molar-refractivity contribution in [3.05, 3.63) is 30.1 Å². The Morgan fingerprint density at radius 1 is 1.40 bits per heavy atom. The summed E-state index contributed by atoms with van der Waals surface area (Å²) in [4.78, 5) is 13.7. The zero-order valence-electron chi connectivity index (χ0n) is 12.0. The summed E-state index contributed by atoms with van der Waals surface area (Å²) >= 11 is 0. The number of amides is 2. The highest BCUT2D eigenvalue weighted by atomic mass is 19.1. The third-order valence-electron chi connectivity index (χ3n) is 3.45. The maximum Gasteiger partial charge on any atom is 0.314 e. The number of hydrogen-bond acceptors (Lipinski definition) is 2. The summed E-state index contributed by atoms with van der Waals surface area (Å²) in [5.41, 5.74) is 1.04. The predicted molar refractivity (Wildman–Crippen MR) is 78.4 cm³/mol. The maximum absolute atomic E-state index is 12.9. The number of benzene rings is 1. The molecule has 1 saturated heterocycles. The van der Waals surface area contributed by atoms with Gasteiger partial charge in [0, 0.05) is 31.4 Å². The van der Waals surface area contributed by atoms with Crippen molar-refractivity contribution in [2.75, 3.05) is 24.5 Å². The van der Waals surface area contributed by atoms with Crippen LogP contribution in [0.15, 0.2) is 24.3 Å². The first kappa shape index (κ1) is 14.6. The van der Waals surface area contributed by atoms with Crippen LogP contribution >= 0.6 is 0 Å². The summed E-state index contributed by atoms with van der Waals surface area (Å²) in [6.07, 6.45) is 1.04. The van der Waals surface area contributed by atoms with E-state index in [0.29, 0.717) is 12.5 Å². The molecule has 1 heterocycles. The van der Waals surface area contributed by atoms with Gasteiger partial charge in [0.15, 0.2) is 0 Å². The van der Waals surface area contributed by atoms with E-state index in [4.69, 9.17) is 0 Å². The van der Waals surface area contributed by atoms with Gasteiger partial charge in [-0.25, -0.2) is 9.18 Å². The average Bonchev–Trinajstić information content (AvgIpc) is 2.85. The molecule has 0 spiro atoms. The predicted octanol–water partition coefficient (Wildman–Crippen LogP) is 2.36. The van der Waals surface area contributed by atoms with Gasteiger partial charge in [-0.1, -0.05) is 0 Å². The first-order valence-corrected chi connectivity index (χ1v) is 7.09. The van der Waals surface area contributed by atoms with Crippen LogP contribution in [0.2, 0.25) is 0 Å². The molecule has 20 heavy (non-hydrogen) atoms. The molecule has 1 aromatic rings. The third kappa shape index (κ3) is 4.11. The minimum atomic E-state index is -0.212. The summed E-state index contributed by atoms with van der Waals surface area (Å²) in [6, 6.07) is 6.61. The number of urea groups is 1. The maximum atomic E-state index is 12.9. The van der Waals surface area contributed by atoms with Crippen molar-refractivity contribution in [2.45, 2.75) is 26.3 Å². The first-order valence-electron chi connectivity index (χ1n) is 7.09. The number of anilines is 1. The van der Waals surface area contributed by atoms with Gasteiger partial charge in [0.1, 0.15) is 5.82 Å². The van der Waals surface area contributed by atoms with Crippen LogP contribution in [-0.2, 0) is 0 Å². The lowest BCUT2D eigenvalue weighted by molar-refractivity contribution is 0.237. The largest absolute Gasteiger partial charge is 0.371 e. The van der Waals surface area contributed by atoms with Crippen LogP contribution in [0.4, 0.5) is 14.9 Å². The minimum absolute atomic E-state index is 0.111. The van der Waals surface area contributed by atoms with Gasteiger partial charge in [0.25, 0.3) is 0 Å². The van der Waals surface area contributed by atoms with E-state index in [1.54, 1.807) is 12.1 Å². The molecule has 1 fully saturated rings. The van der Waals surface area contributed by atoms with Crippen molar-refractivity contribution in [1.82, 2.24) is 10.6 Å². The van der Waals surface area contributed by atoms with Crippen LogP contribution < -0.4 is 15.5 Å². The van der Waals surface area contributed by atoms with E-state index in [-0.39, 0.29) is 17.9 Å². The number of nitrogens with zero attached hydrogens (tertiary/aromatic N) is 1. The summed E-state index contributed by atoms with van der Waals surface area (Å²) in [7, 11) is 0.